The number of hydrogen-bond acceptors (Lipinski definition) is 3. The molecule has 0 saturated carbocycles. The van der Waals surface area contributed by atoms with Crippen LogP contribution in [0.1, 0.15) is 0 Å². The third-order valence-electron chi connectivity index (χ3n) is 1.70. The summed E-state index contributed by atoms with van der Waals surface area (Å²) in [6.45, 7) is -0.315. The maximum absolute atomic E-state index is 10.3. The van der Waals surface area contributed by atoms with E-state index in [0.29, 0.717) is 5.75 Å². The average Bonchev–Trinajstić information content (AvgIpc) is 2.15. The summed E-state index contributed by atoms with van der Waals surface area (Å²) in [5.74, 6) is -0.390. The highest BCUT2D eigenvalue weighted by Gasteiger charge is 2.05. The van der Waals surface area contributed by atoms with Crippen molar-refractivity contribution < 1.29 is 14.6 Å². The second kappa shape index (κ2) is 4.50. The number of para-hydroxylation sites is 2. The van der Waals surface area contributed by atoms with Crippen LogP contribution in [0.4, 0.5) is 5.69 Å². The van der Waals surface area contributed by atoms with Gasteiger partial charge in [-0.15, -0.1) is 0 Å². The molecule has 0 unspecified atom stereocenters. The lowest BCUT2D eigenvalue weighted by molar-refractivity contribution is -0.139. The van der Waals surface area contributed by atoms with Crippen molar-refractivity contribution in [3.63, 3.8) is 0 Å². The Hall–Kier alpha value is -1.71. The van der Waals surface area contributed by atoms with E-state index in [0.717, 1.165) is 5.69 Å². The summed E-state index contributed by atoms with van der Waals surface area (Å²) in [4.78, 5) is 12.2. The third-order valence-corrected chi connectivity index (χ3v) is 1.70. The van der Waals surface area contributed by atoms with Crippen molar-refractivity contribution in [1.29, 1.82) is 0 Å². The van der Waals surface area contributed by atoms with Gasteiger partial charge in [0, 0.05) is 14.1 Å². The zero-order chi connectivity index (χ0) is 10.6. The van der Waals surface area contributed by atoms with Crippen molar-refractivity contribution in [2.45, 2.75) is 0 Å². The molecule has 0 aliphatic heterocycles. The van der Waals surface area contributed by atoms with Crippen LogP contribution in [0.25, 0.3) is 0 Å². The maximum Gasteiger partial charge on any atom is 0.341 e. The molecule has 0 aliphatic rings. The van der Waals surface area contributed by atoms with E-state index in [2.05, 4.69) is 0 Å². The normalized spacial score (nSPS) is 9.57. The van der Waals surface area contributed by atoms with Crippen molar-refractivity contribution in [3.05, 3.63) is 24.3 Å². The predicted molar refractivity (Wildman–Crippen MR) is 53.9 cm³/mol. The molecule has 0 heterocycles. The molecule has 0 bridgehead atoms. The standard InChI is InChI=1S/C10H13NO3/c1-11(2)8-5-3-4-6-9(8)14-7-10(12)13/h3-6H,7H2,1-2H3,(H,12,13). The highest BCUT2D eigenvalue weighted by Crippen LogP contribution is 2.25. The molecular formula is C10H13NO3. The summed E-state index contributed by atoms with van der Waals surface area (Å²) in [6, 6.07) is 7.31. The molecule has 0 radical (unpaired) electrons. The fraction of sp³-hybridized carbons (Fsp3) is 0.300. The number of nitrogens with zero attached hydrogens (tertiary/aromatic N) is 1. The van der Waals surface area contributed by atoms with Crippen molar-refractivity contribution in [3.8, 4) is 5.75 Å². The number of carbonyl (C=O) groups is 1. The second-order valence-electron chi connectivity index (χ2n) is 3.04. The number of carboxylic acids is 1. The summed E-state index contributed by atoms with van der Waals surface area (Å²) in [6.07, 6.45) is 0. The molecule has 1 N–H and O–H groups in total. The molecule has 4 heteroatoms. The average molecular weight is 195 g/mol. The molecule has 0 spiro atoms. The lowest BCUT2D eigenvalue weighted by Gasteiger charge is -2.16. The topological polar surface area (TPSA) is 49.8 Å². The molecule has 1 aromatic carbocycles. The largest absolute Gasteiger partial charge is 0.480 e. The van der Waals surface area contributed by atoms with Crippen molar-refractivity contribution in [2.24, 2.45) is 0 Å². The zero-order valence-corrected chi connectivity index (χ0v) is 8.23. The van der Waals surface area contributed by atoms with Crippen LogP contribution in [0.2, 0.25) is 0 Å². The van der Waals surface area contributed by atoms with Gasteiger partial charge in [-0.3, -0.25) is 0 Å². The molecule has 0 atom stereocenters. The maximum atomic E-state index is 10.3. The van der Waals surface area contributed by atoms with Crippen LogP contribution < -0.4 is 9.64 Å². The van der Waals surface area contributed by atoms with E-state index in [9.17, 15) is 4.79 Å². The molecule has 0 aliphatic carbocycles. The Morgan fingerprint density at radius 3 is 2.64 bits per heavy atom. The van der Waals surface area contributed by atoms with Crippen molar-refractivity contribution >= 4 is 11.7 Å². The van der Waals surface area contributed by atoms with E-state index >= 15 is 0 Å². The van der Waals surface area contributed by atoms with Gasteiger partial charge in [0.2, 0.25) is 0 Å². The highest BCUT2D eigenvalue weighted by molar-refractivity contribution is 5.69. The van der Waals surface area contributed by atoms with Crippen LogP contribution in [0.3, 0.4) is 0 Å². The molecule has 0 saturated heterocycles. The molecular weight excluding hydrogens is 182 g/mol. The van der Waals surface area contributed by atoms with Gasteiger partial charge >= 0.3 is 5.97 Å². The smallest absolute Gasteiger partial charge is 0.341 e. The Balaban J connectivity index is 2.79. The fourth-order valence-electron chi connectivity index (χ4n) is 1.09. The first kappa shape index (κ1) is 10.4. The highest BCUT2D eigenvalue weighted by atomic mass is 16.5. The number of benzene rings is 1. The summed E-state index contributed by atoms with van der Waals surface area (Å²) in [5, 5.41) is 8.47. The number of carboxylic acid groups (broad SMARTS) is 1. The molecule has 14 heavy (non-hydrogen) atoms. The zero-order valence-electron chi connectivity index (χ0n) is 8.23. The molecule has 1 rings (SSSR count). The minimum Gasteiger partial charge on any atom is -0.480 e. The predicted octanol–water partition coefficient (Wildman–Crippen LogP) is 1.22. The third kappa shape index (κ3) is 2.65. The molecule has 76 valence electrons. The monoisotopic (exact) mass is 195 g/mol. The van der Waals surface area contributed by atoms with Crippen molar-refractivity contribution in [2.75, 3.05) is 25.6 Å². The lowest BCUT2D eigenvalue weighted by Crippen LogP contribution is -2.14. The van der Waals surface area contributed by atoms with Crippen LogP contribution in [0.5, 0.6) is 5.75 Å². The molecule has 0 fully saturated rings. The molecule has 4 nitrogen and oxygen atoms in total. The molecule has 1 aromatic rings. The van der Waals surface area contributed by atoms with Crippen LogP contribution >= 0.6 is 0 Å². The van der Waals surface area contributed by atoms with Crippen molar-refractivity contribution in [1.82, 2.24) is 0 Å². The van der Waals surface area contributed by atoms with E-state index in [-0.39, 0.29) is 6.61 Å². The van der Waals surface area contributed by atoms with Gasteiger partial charge in [0.25, 0.3) is 0 Å². The Morgan fingerprint density at radius 1 is 1.43 bits per heavy atom. The van der Waals surface area contributed by atoms with Crippen LogP contribution in [0, 0.1) is 0 Å². The number of hydrogen-bond donors (Lipinski definition) is 1. The van der Waals surface area contributed by atoms with Gasteiger partial charge in [0.1, 0.15) is 5.75 Å². The SMILES string of the molecule is CN(C)c1ccccc1OCC(=O)O. The van der Waals surface area contributed by atoms with Gasteiger partial charge in [-0.05, 0) is 12.1 Å². The number of aliphatic carboxylic acids is 1. The van der Waals surface area contributed by atoms with E-state index < -0.39 is 5.97 Å². The Labute approximate surface area is 82.7 Å². The molecule has 0 aromatic heterocycles. The van der Waals surface area contributed by atoms with Gasteiger partial charge in [-0.2, -0.15) is 0 Å². The van der Waals surface area contributed by atoms with E-state index in [4.69, 9.17) is 9.84 Å². The Bertz CT molecular complexity index is 323. The van der Waals surface area contributed by atoms with Gasteiger partial charge < -0.3 is 14.7 Å². The number of anilines is 1. The first-order chi connectivity index (χ1) is 6.61. The Morgan fingerprint density at radius 2 is 2.07 bits per heavy atom. The summed E-state index contributed by atoms with van der Waals surface area (Å²) < 4.78 is 5.12. The first-order valence-electron chi connectivity index (χ1n) is 4.22. The number of rotatable bonds is 4. The second-order valence-corrected chi connectivity index (χ2v) is 3.04. The van der Waals surface area contributed by atoms with Crippen LogP contribution in [-0.2, 0) is 4.79 Å². The van der Waals surface area contributed by atoms with Gasteiger partial charge in [0.05, 0.1) is 5.69 Å². The van der Waals surface area contributed by atoms with Gasteiger partial charge in [0.15, 0.2) is 6.61 Å². The summed E-state index contributed by atoms with van der Waals surface area (Å²) in [5.41, 5.74) is 0.869. The minimum atomic E-state index is -0.974. The quantitative estimate of drug-likeness (QED) is 0.784. The summed E-state index contributed by atoms with van der Waals surface area (Å²) in [7, 11) is 3.76. The first-order valence-corrected chi connectivity index (χ1v) is 4.22. The van der Waals surface area contributed by atoms with Gasteiger partial charge in [-0.25, -0.2) is 4.79 Å². The minimum absolute atomic E-state index is 0.315. The molecule has 0 amide bonds. The van der Waals surface area contributed by atoms with E-state index in [1.165, 1.54) is 0 Å². The summed E-state index contributed by atoms with van der Waals surface area (Å²) >= 11 is 0. The Kier molecular flexibility index (Phi) is 3.34. The van der Waals surface area contributed by atoms with Gasteiger partial charge in [-0.1, -0.05) is 12.1 Å². The fourth-order valence-corrected chi connectivity index (χ4v) is 1.09. The number of ether oxygens (including phenoxy) is 1. The lowest BCUT2D eigenvalue weighted by atomic mass is 10.3. The van der Waals surface area contributed by atoms with E-state index in [1.807, 2.05) is 37.2 Å². The van der Waals surface area contributed by atoms with Crippen LogP contribution in [-0.4, -0.2) is 31.8 Å². The van der Waals surface area contributed by atoms with E-state index in [1.54, 1.807) is 6.07 Å². The van der Waals surface area contributed by atoms with Crippen LogP contribution in [0.15, 0.2) is 24.3 Å².